The summed E-state index contributed by atoms with van der Waals surface area (Å²) in [5, 5.41) is 15.2. The van der Waals surface area contributed by atoms with Gasteiger partial charge in [0.2, 0.25) is 0 Å². The molecule has 0 aliphatic carbocycles. The fourth-order valence-electron chi connectivity index (χ4n) is 1.38. The summed E-state index contributed by atoms with van der Waals surface area (Å²) in [6, 6.07) is 9.97. The van der Waals surface area contributed by atoms with Crippen LogP contribution in [0.1, 0.15) is 11.4 Å². The molecule has 0 atom stereocenters. The molecule has 8 heteroatoms. The molecule has 94 valence electrons. The van der Waals surface area contributed by atoms with Crippen LogP contribution < -0.4 is 11.6 Å². The number of hydrogen-bond donors (Lipinski definition) is 2. The van der Waals surface area contributed by atoms with Crippen LogP contribution in [0, 0.1) is 0 Å². The highest BCUT2D eigenvalue weighted by Gasteiger charge is 2.07. The van der Waals surface area contributed by atoms with Crippen LogP contribution in [0.15, 0.2) is 35.4 Å². The maximum absolute atomic E-state index is 5.50. The lowest BCUT2D eigenvalue weighted by atomic mass is 10.2. The number of amidine groups is 1. The Morgan fingerprint density at radius 3 is 2.83 bits per heavy atom. The molecule has 1 heterocycles. The molecule has 1 aromatic carbocycles. The highest BCUT2D eigenvalue weighted by molar-refractivity contribution is 8.13. The van der Waals surface area contributed by atoms with E-state index >= 15 is 0 Å². The number of nitrogens with zero attached hydrogens (tertiary/aromatic N) is 5. The number of rotatable bonds is 4. The van der Waals surface area contributed by atoms with Crippen molar-refractivity contribution < 1.29 is 0 Å². The lowest BCUT2D eigenvalue weighted by Crippen LogP contribution is -2.11. The molecule has 0 saturated carbocycles. The molecule has 0 unspecified atom stereocenters. The molecule has 18 heavy (non-hydrogen) atoms. The Balaban J connectivity index is 2.04. The Morgan fingerprint density at radius 2 is 2.11 bits per heavy atom. The molecule has 4 N–H and O–H groups in total. The molecule has 0 bridgehead atoms. The first kappa shape index (κ1) is 12.4. The van der Waals surface area contributed by atoms with Gasteiger partial charge in [0.15, 0.2) is 11.0 Å². The Morgan fingerprint density at radius 1 is 1.33 bits per heavy atom. The minimum Gasteiger partial charge on any atom is -0.377 e. The lowest BCUT2D eigenvalue weighted by Gasteiger charge is -2.04. The van der Waals surface area contributed by atoms with Crippen LogP contribution in [0.5, 0.6) is 0 Å². The average molecular weight is 263 g/mol. The third kappa shape index (κ3) is 3.20. The number of tetrazole rings is 1. The maximum atomic E-state index is 5.50. The number of hydrogen-bond acceptors (Lipinski definition) is 6. The molecule has 0 saturated heterocycles. The fraction of sp³-hybridized carbons (Fsp3) is 0.200. The summed E-state index contributed by atoms with van der Waals surface area (Å²) >= 11 is 1.30. The molecule has 2 aromatic rings. The Kier molecular flexibility index (Phi) is 4.13. The zero-order valence-corrected chi connectivity index (χ0v) is 10.4. The van der Waals surface area contributed by atoms with E-state index in [4.69, 9.17) is 11.6 Å². The minimum absolute atomic E-state index is 0.310. The SMILES string of the molecule is NN=C(N)SCc1nnnn1Cc1ccccc1. The highest BCUT2D eigenvalue weighted by Crippen LogP contribution is 2.10. The van der Waals surface area contributed by atoms with E-state index in [1.54, 1.807) is 4.68 Å². The first-order valence-electron chi connectivity index (χ1n) is 5.24. The van der Waals surface area contributed by atoms with Gasteiger partial charge in [-0.2, -0.15) is 5.10 Å². The van der Waals surface area contributed by atoms with E-state index < -0.39 is 0 Å². The second kappa shape index (κ2) is 6.01. The van der Waals surface area contributed by atoms with Gasteiger partial charge in [0, 0.05) is 0 Å². The Labute approximate surface area is 108 Å². The van der Waals surface area contributed by atoms with Gasteiger partial charge in [-0.15, -0.1) is 5.10 Å². The van der Waals surface area contributed by atoms with E-state index in [0.717, 1.165) is 11.4 Å². The normalized spacial score (nSPS) is 11.7. The molecular weight excluding hydrogens is 250 g/mol. The summed E-state index contributed by atoms with van der Waals surface area (Å²) < 4.78 is 1.73. The van der Waals surface area contributed by atoms with Crippen molar-refractivity contribution in [3.63, 3.8) is 0 Å². The van der Waals surface area contributed by atoms with Gasteiger partial charge in [-0.1, -0.05) is 42.1 Å². The zero-order valence-electron chi connectivity index (χ0n) is 9.60. The van der Waals surface area contributed by atoms with E-state index in [1.165, 1.54) is 11.8 Å². The van der Waals surface area contributed by atoms with Crippen molar-refractivity contribution in [1.29, 1.82) is 0 Å². The van der Waals surface area contributed by atoms with Crippen LogP contribution in [0.4, 0.5) is 0 Å². The van der Waals surface area contributed by atoms with Crippen molar-refractivity contribution in [2.45, 2.75) is 12.3 Å². The van der Waals surface area contributed by atoms with Crippen LogP contribution in [-0.2, 0) is 12.3 Å². The first-order chi connectivity index (χ1) is 8.79. The van der Waals surface area contributed by atoms with Gasteiger partial charge in [0.25, 0.3) is 0 Å². The molecule has 0 spiro atoms. The zero-order chi connectivity index (χ0) is 12.8. The van der Waals surface area contributed by atoms with Gasteiger partial charge in [-0.25, -0.2) is 4.68 Å². The molecule has 0 fully saturated rings. The topological polar surface area (TPSA) is 108 Å². The standard InChI is InChI=1S/C10H13N7S/c11-10(13-12)18-7-9-14-15-16-17(9)6-8-4-2-1-3-5-8/h1-5H,6-7,12H2,(H2,11,13). The number of aromatic nitrogens is 4. The van der Waals surface area contributed by atoms with Crippen molar-refractivity contribution in [2.24, 2.45) is 16.7 Å². The van der Waals surface area contributed by atoms with E-state index in [-0.39, 0.29) is 0 Å². The number of thioether (sulfide) groups is 1. The summed E-state index contributed by atoms with van der Waals surface area (Å²) in [4.78, 5) is 0. The summed E-state index contributed by atoms with van der Waals surface area (Å²) in [5.74, 6) is 6.32. The molecular formula is C10H13N7S. The summed E-state index contributed by atoms with van der Waals surface area (Å²) in [7, 11) is 0. The van der Waals surface area contributed by atoms with Gasteiger partial charge in [0.05, 0.1) is 12.3 Å². The van der Waals surface area contributed by atoms with Gasteiger partial charge in [-0.3, -0.25) is 0 Å². The minimum atomic E-state index is 0.310. The monoisotopic (exact) mass is 263 g/mol. The van der Waals surface area contributed by atoms with Crippen molar-refractivity contribution in [3.05, 3.63) is 41.7 Å². The van der Waals surface area contributed by atoms with E-state index in [9.17, 15) is 0 Å². The average Bonchev–Trinajstić information content (AvgIpc) is 2.84. The van der Waals surface area contributed by atoms with E-state index in [0.29, 0.717) is 17.5 Å². The lowest BCUT2D eigenvalue weighted by molar-refractivity contribution is 0.631. The van der Waals surface area contributed by atoms with Crippen molar-refractivity contribution >= 4 is 16.9 Å². The Hall–Kier alpha value is -2.09. The van der Waals surface area contributed by atoms with Crippen LogP contribution in [-0.4, -0.2) is 25.4 Å². The van der Waals surface area contributed by atoms with Gasteiger partial charge in [0.1, 0.15) is 0 Å². The van der Waals surface area contributed by atoms with Crippen LogP contribution >= 0.6 is 11.8 Å². The quantitative estimate of drug-likeness (QED) is 0.351. The number of hydrazone groups is 1. The van der Waals surface area contributed by atoms with Crippen LogP contribution in [0.25, 0.3) is 0 Å². The molecule has 0 aliphatic heterocycles. The second-order valence-corrected chi connectivity index (χ2v) is 4.49. The summed E-state index contributed by atoms with van der Waals surface area (Å²) in [5.41, 5.74) is 6.64. The van der Waals surface area contributed by atoms with Crippen molar-refractivity contribution in [1.82, 2.24) is 20.2 Å². The fourth-order valence-corrected chi connectivity index (χ4v) is 1.94. The van der Waals surface area contributed by atoms with Crippen molar-refractivity contribution in [3.8, 4) is 0 Å². The molecule has 0 aliphatic rings. The molecule has 7 nitrogen and oxygen atoms in total. The molecule has 0 radical (unpaired) electrons. The predicted molar refractivity (Wildman–Crippen MR) is 70.5 cm³/mol. The molecule has 1 aromatic heterocycles. The molecule has 2 rings (SSSR count). The van der Waals surface area contributed by atoms with Gasteiger partial charge in [-0.05, 0) is 16.0 Å². The van der Waals surface area contributed by atoms with Crippen molar-refractivity contribution in [2.75, 3.05) is 0 Å². The third-order valence-corrected chi connectivity index (χ3v) is 3.06. The van der Waals surface area contributed by atoms with Crippen LogP contribution in [0.3, 0.4) is 0 Å². The van der Waals surface area contributed by atoms with Crippen LogP contribution in [0.2, 0.25) is 0 Å². The summed E-state index contributed by atoms with van der Waals surface area (Å²) in [6.45, 7) is 0.628. The van der Waals surface area contributed by atoms with Gasteiger partial charge < -0.3 is 11.6 Å². The van der Waals surface area contributed by atoms with E-state index in [2.05, 4.69) is 20.6 Å². The number of nitrogens with two attached hydrogens (primary N) is 2. The Bertz CT molecular complexity index is 522. The smallest absolute Gasteiger partial charge is 0.177 e. The highest BCUT2D eigenvalue weighted by atomic mass is 32.2. The maximum Gasteiger partial charge on any atom is 0.177 e. The third-order valence-electron chi connectivity index (χ3n) is 2.26. The first-order valence-corrected chi connectivity index (χ1v) is 6.23. The number of benzene rings is 1. The van der Waals surface area contributed by atoms with E-state index in [1.807, 2.05) is 30.3 Å². The molecule has 0 amide bonds. The predicted octanol–water partition coefficient (Wildman–Crippen LogP) is 0.143. The largest absolute Gasteiger partial charge is 0.377 e. The summed E-state index contributed by atoms with van der Waals surface area (Å²) in [6.07, 6.45) is 0. The second-order valence-electron chi connectivity index (χ2n) is 3.49. The van der Waals surface area contributed by atoms with Gasteiger partial charge >= 0.3 is 0 Å².